The second-order valence-corrected chi connectivity index (χ2v) is 6.31. The molecule has 1 saturated carbocycles. The van der Waals surface area contributed by atoms with E-state index >= 15 is 0 Å². The Morgan fingerprint density at radius 1 is 1.18 bits per heavy atom. The number of hydrogen-bond donors (Lipinski definition) is 0. The summed E-state index contributed by atoms with van der Waals surface area (Å²) in [6.07, 6.45) is 3.92. The summed E-state index contributed by atoms with van der Waals surface area (Å²) >= 11 is 0. The van der Waals surface area contributed by atoms with E-state index in [0.29, 0.717) is 18.1 Å². The van der Waals surface area contributed by atoms with Crippen LogP contribution in [-0.2, 0) is 16.6 Å². The van der Waals surface area contributed by atoms with Crippen molar-refractivity contribution >= 4 is 5.78 Å². The monoisotopic (exact) mass is 230 g/mol. The van der Waals surface area contributed by atoms with E-state index in [9.17, 15) is 4.79 Å². The Kier molecular flexibility index (Phi) is 3.37. The molecule has 2 rings (SSSR count). The first-order valence-electron chi connectivity index (χ1n) is 6.56. The maximum absolute atomic E-state index is 11.7. The molecule has 92 valence electrons. The van der Waals surface area contributed by atoms with Gasteiger partial charge in [-0.3, -0.25) is 4.79 Å². The van der Waals surface area contributed by atoms with Gasteiger partial charge in [-0.2, -0.15) is 0 Å². The van der Waals surface area contributed by atoms with Gasteiger partial charge in [0, 0.05) is 12.8 Å². The highest BCUT2D eigenvalue weighted by molar-refractivity contribution is 5.81. The molecular formula is C16H22O. The summed E-state index contributed by atoms with van der Waals surface area (Å²) in [6, 6.07) is 8.51. The molecule has 1 fully saturated rings. The van der Waals surface area contributed by atoms with Crippen molar-refractivity contribution in [1.29, 1.82) is 0 Å². The lowest BCUT2D eigenvalue weighted by atomic mass is 9.86. The largest absolute Gasteiger partial charge is 0.299 e. The van der Waals surface area contributed by atoms with Crippen molar-refractivity contribution in [3.05, 3.63) is 35.4 Å². The summed E-state index contributed by atoms with van der Waals surface area (Å²) in [5.74, 6) is 1.10. The first kappa shape index (κ1) is 12.3. The second kappa shape index (κ2) is 4.64. The first-order chi connectivity index (χ1) is 7.95. The Morgan fingerprint density at radius 3 is 2.24 bits per heavy atom. The summed E-state index contributed by atoms with van der Waals surface area (Å²) in [4.78, 5) is 11.7. The smallest absolute Gasteiger partial charge is 0.137 e. The standard InChI is InChI=1S/C16H22O/c1-16(2,3)14-8-6-13(7-9-14)11-15(17)10-12-4-5-12/h6-9,12H,4-5,10-11H2,1-3H3. The van der Waals surface area contributed by atoms with Gasteiger partial charge in [-0.25, -0.2) is 0 Å². The summed E-state index contributed by atoms with van der Waals surface area (Å²) < 4.78 is 0. The van der Waals surface area contributed by atoms with Gasteiger partial charge >= 0.3 is 0 Å². The van der Waals surface area contributed by atoms with Crippen LogP contribution in [-0.4, -0.2) is 5.78 Å². The number of Topliss-reactive ketones (excluding diaryl/α,β-unsaturated/α-hetero) is 1. The van der Waals surface area contributed by atoms with Crippen molar-refractivity contribution < 1.29 is 4.79 Å². The van der Waals surface area contributed by atoms with Crippen LogP contribution in [0.3, 0.4) is 0 Å². The fourth-order valence-corrected chi connectivity index (χ4v) is 2.07. The number of carbonyl (C=O) groups excluding carboxylic acids is 1. The first-order valence-corrected chi connectivity index (χ1v) is 6.56. The molecule has 0 bridgehead atoms. The summed E-state index contributed by atoms with van der Waals surface area (Å²) in [5.41, 5.74) is 2.68. The molecule has 1 aromatic rings. The molecule has 0 atom stereocenters. The minimum absolute atomic E-state index is 0.191. The summed E-state index contributed by atoms with van der Waals surface area (Å²) in [6.45, 7) is 6.63. The minimum Gasteiger partial charge on any atom is -0.299 e. The van der Waals surface area contributed by atoms with Gasteiger partial charge in [-0.15, -0.1) is 0 Å². The predicted molar refractivity (Wildman–Crippen MR) is 71.2 cm³/mol. The van der Waals surface area contributed by atoms with E-state index in [-0.39, 0.29) is 5.41 Å². The fourth-order valence-electron chi connectivity index (χ4n) is 2.07. The number of rotatable bonds is 4. The van der Waals surface area contributed by atoms with Gasteiger partial charge in [-0.1, -0.05) is 45.0 Å². The summed E-state index contributed by atoms with van der Waals surface area (Å²) in [5, 5.41) is 0. The van der Waals surface area contributed by atoms with Crippen molar-refractivity contribution in [2.45, 2.75) is 51.9 Å². The zero-order valence-corrected chi connectivity index (χ0v) is 11.1. The number of carbonyl (C=O) groups is 1. The van der Waals surface area contributed by atoms with E-state index in [4.69, 9.17) is 0 Å². The number of hydrogen-bond acceptors (Lipinski definition) is 1. The van der Waals surface area contributed by atoms with Crippen LogP contribution >= 0.6 is 0 Å². The van der Waals surface area contributed by atoms with Crippen molar-refractivity contribution in [1.82, 2.24) is 0 Å². The molecule has 0 aliphatic heterocycles. The van der Waals surface area contributed by atoms with E-state index in [0.717, 1.165) is 12.0 Å². The molecule has 1 aromatic carbocycles. The Bertz CT molecular complexity index is 391. The minimum atomic E-state index is 0.191. The molecule has 1 aliphatic rings. The molecule has 0 unspecified atom stereocenters. The number of benzene rings is 1. The van der Waals surface area contributed by atoms with Crippen LogP contribution in [0.5, 0.6) is 0 Å². The van der Waals surface area contributed by atoms with Crippen LogP contribution in [0.15, 0.2) is 24.3 Å². The molecule has 0 spiro atoms. The highest BCUT2D eigenvalue weighted by atomic mass is 16.1. The van der Waals surface area contributed by atoms with E-state index < -0.39 is 0 Å². The van der Waals surface area contributed by atoms with E-state index in [1.807, 2.05) is 0 Å². The van der Waals surface area contributed by atoms with Crippen molar-refractivity contribution in [3.63, 3.8) is 0 Å². The van der Waals surface area contributed by atoms with Gasteiger partial charge in [0.05, 0.1) is 0 Å². The van der Waals surface area contributed by atoms with Crippen LogP contribution in [0, 0.1) is 5.92 Å². The zero-order valence-electron chi connectivity index (χ0n) is 11.1. The van der Waals surface area contributed by atoms with Crippen molar-refractivity contribution in [3.8, 4) is 0 Å². The average molecular weight is 230 g/mol. The van der Waals surface area contributed by atoms with Crippen molar-refractivity contribution in [2.75, 3.05) is 0 Å². The molecule has 0 saturated heterocycles. The lowest BCUT2D eigenvalue weighted by Gasteiger charge is -2.19. The molecule has 0 heterocycles. The Hall–Kier alpha value is -1.11. The third-order valence-corrected chi connectivity index (χ3v) is 3.43. The highest BCUT2D eigenvalue weighted by Crippen LogP contribution is 2.32. The molecule has 1 aliphatic carbocycles. The SMILES string of the molecule is CC(C)(C)c1ccc(CC(=O)CC2CC2)cc1. The van der Waals surface area contributed by atoms with Crippen LogP contribution < -0.4 is 0 Å². The normalized spacial score (nSPS) is 15.9. The summed E-state index contributed by atoms with van der Waals surface area (Å²) in [7, 11) is 0. The van der Waals surface area contributed by atoms with Crippen LogP contribution in [0.2, 0.25) is 0 Å². The highest BCUT2D eigenvalue weighted by Gasteiger charge is 2.24. The Labute approximate surface area is 104 Å². The van der Waals surface area contributed by atoms with Gasteiger partial charge in [0.25, 0.3) is 0 Å². The lowest BCUT2D eigenvalue weighted by molar-refractivity contribution is -0.118. The van der Waals surface area contributed by atoms with Crippen LogP contribution in [0.25, 0.3) is 0 Å². The third kappa shape index (κ3) is 3.69. The average Bonchev–Trinajstić information content (AvgIpc) is 3.01. The molecule has 0 radical (unpaired) electrons. The van der Waals surface area contributed by atoms with Crippen molar-refractivity contribution in [2.24, 2.45) is 5.92 Å². The molecule has 1 nitrogen and oxygen atoms in total. The van der Waals surface area contributed by atoms with E-state index in [1.165, 1.54) is 18.4 Å². The van der Waals surface area contributed by atoms with Gasteiger partial charge in [0.2, 0.25) is 0 Å². The third-order valence-electron chi connectivity index (χ3n) is 3.43. The maximum atomic E-state index is 11.7. The quantitative estimate of drug-likeness (QED) is 0.766. The molecule has 1 heteroatoms. The predicted octanol–water partition coefficient (Wildman–Crippen LogP) is 3.90. The topological polar surface area (TPSA) is 17.1 Å². The van der Waals surface area contributed by atoms with Gasteiger partial charge in [0.15, 0.2) is 0 Å². The molecule has 0 amide bonds. The Balaban J connectivity index is 1.95. The fraction of sp³-hybridized carbons (Fsp3) is 0.562. The van der Waals surface area contributed by atoms with Crippen LogP contribution in [0.1, 0.15) is 51.2 Å². The van der Waals surface area contributed by atoms with Gasteiger partial charge in [0.1, 0.15) is 5.78 Å². The second-order valence-electron chi connectivity index (χ2n) is 6.31. The molecule has 0 aromatic heterocycles. The van der Waals surface area contributed by atoms with Gasteiger partial charge < -0.3 is 0 Å². The lowest BCUT2D eigenvalue weighted by Crippen LogP contribution is -2.11. The van der Waals surface area contributed by atoms with E-state index in [2.05, 4.69) is 45.0 Å². The van der Waals surface area contributed by atoms with Crippen LogP contribution in [0.4, 0.5) is 0 Å². The molecule has 17 heavy (non-hydrogen) atoms. The number of ketones is 1. The maximum Gasteiger partial charge on any atom is 0.137 e. The van der Waals surface area contributed by atoms with Gasteiger partial charge in [-0.05, 0) is 35.3 Å². The molecule has 0 N–H and O–H groups in total. The van der Waals surface area contributed by atoms with E-state index in [1.54, 1.807) is 0 Å². The zero-order chi connectivity index (χ0) is 12.5. The Morgan fingerprint density at radius 2 is 1.76 bits per heavy atom. The molecular weight excluding hydrogens is 208 g/mol.